The van der Waals surface area contributed by atoms with Gasteiger partial charge < -0.3 is 15.8 Å². The number of hydrogen-bond donors (Lipinski definition) is 2. The molecule has 2 rings (SSSR count). The number of nitrogens with one attached hydrogen (secondary N) is 1. The van der Waals surface area contributed by atoms with Crippen LogP contribution in [0.5, 0.6) is 5.75 Å². The highest BCUT2D eigenvalue weighted by atomic mass is 79.9. The van der Waals surface area contributed by atoms with Crippen molar-refractivity contribution in [2.75, 3.05) is 13.2 Å². The van der Waals surface area contributed by atoms with E-state index in [2.05, 4.69) is 21.2 Å². The van der Waals surface area contributed by atoms with Crippen LogP contribution in [0.25, 0.3) is 0 Å². The number of halogens is 1. The molecule has 1 fully saturated rings. The van der Waals surface area contributed by atoms with Gasteiger partial charge >= 0.3 is 0 Å². The number of nitrogens with two attached hydrogens (primary N) is 1. The molecule has 1 unspecified atom stereocenters. The van der Waals surface area contributed by atoms with E-state index in [1.165, 1.54) is 0 Å². The molecule has 1 aliphatic carbocycles. The second-order valence-electron chi connectivity index (χ2n) is 5.98. The van der Waals surface area contributed by atoms with Crippen molar-refractivity contribution in [3.63, 3.8) is 0 Å². The minimum absolute atomic E-state index is 0.00177. The fraction of sp³-hybridized carbons (Fsp3) is 0.562. The Labute approximate surface area is 134 Å². The summed E-state index contributed by atoms with van der Waals surface area (Å²) < 4.78 is 6.56. The van der Waals surface area contributed by atoms with Crippen molar-refractivity contribution in [3.05, 3.63) is 28.2 Å². The molecule has 3 N–H and O–H groups in total. The van der Waals surface area contributed by atoms with Gasteiger partial charge in [-0.3, -0.25) is 4.79 Å². The first-order valence-electron chi connectivity index (χ1n) is 7.34. The van der Waals surface area contributed by atoms with E-state index in [1.54, 1.807) is 0 Å². The SMILES string of the molecule is Cc1ccc(OCCC(=O)NC(C)(CN)C2CC2)c(Br)c1. The number of benzene rings is 1. The Morgan fingerprint density at radius 1 is 1.52 bits per heavy atom. The molecule has 1 amide bonds. The maximum absolute atomic E-state index is 12.0. The molecule has 0 bridgehead atoms. The van der Waals surface area contributed by atoms with Gasteiger partial charge in [0, 0.05) is 6.54 Å². The van der Waals surface area contributed by atoms with Gasteiger partial charge in [-0.2, -0.15) is 0 Å². The number of carbonyl (C=O) groups is 1. The highest BCUT2D eigenvalue weighted by Crippen LogP contribution is 2.39. The Morgan fingerprint density at radius 3 is 2.81 bits per heavy atom. The highest BCUT2D eigenvalue weighted by Gasteiger charge is 2.41. The molecule has 1 aromatic carbocycles. The van der Waals surface area contributed by atoms with Crippen LogP contribution in [-0.4, -0.2) is 24.6 Å². The zero-order valence-electron chi connectivity index (χ0n) is 12.6. The average molecular weight is 355 g/mol. The van der Waals surface area contributed by atoms with Gasteiger partial charge in [-0.25, -0.2) is 0 Å². The van der Waals surface area contributed by atoms with Crippen molar-refractivity contribution in [2.45, 2.75) is 38.6 Å². The third-order valence-electron chi connectivity index (χ3n) is 4.00. The predicted octanol–water partition coefficient (Wildman–Crippen LogP) is 2.77. The van der Waals surface area contributed by atoms with Crippen LogP contribution in [0.2, 0.25) is 0 Å². The molecule has 0 aromatic heterocycles. The quantitative estimate of drug-likeness (QED) is 0.791. The van der Waals surface area contributed by atoms with E-state index in [4.69, 9.17) is 10.5 Å². The lowest BCUT2D eigenvalue weighted by Crippen LogP contribution is -2.53. The zero-order valence-corrected chi connectivity index (χ0v) is 14.2. The Morgan fingerprint density at radius 2 is 2.24 bits per heavy atom. The summed E-state index contributed by atoms with van der Waals surface area (Å²) in [7, 11) is 0. The summed E-state index contributed by atoms with van der Waals surface area (Å²) >= 11 is 3.46. The number of ether oxygens (including phenoxy) is 1. The van der Waals surface area contributed by atoms with Gasteiger partial charge in [0.05, 0.1) is 23.0 Å². The Kier molecular flexibility index (Phi) is 5.27. The summed E-state index contributed by atoms with van der Waals surface area (Å²) in [6.07, 6.45) is 2.64. The van der Waals surface area contributed by atoms with Gasteiger partial charge in [-0.1, -0.05) is 6.07 Å². The van der Waals surface area contributed by atoms with Gasteiger partial charge in [-0.15, -0.1) is 0 Å². The van der Waals surface area contributed by atoms with Gasteiger partial charge in [-0.05, 0) is 66.2 Å². The lowest BCUT2D eigenvalue weighted by Gasteiger charge is -2.29. The summed E-state index contributed by atoms with van der Waals surface area (Å²) in [4.78, 5) is 12.0. The third kappa shape index (κ3) is 4.45. The second kappa shape index (κ2) is 6.79. The van der Waals surface area contributed by atoms with Gasteiger partial charge in [0.15, 0.2) is 0 Å². The molecule has 1 aromatic rings. The predicted molar refractivity (Wildman–Crippen MR) is 87.3 cm³/mol. The maximum atomic E-state index is 12.0. The van der Waals surface area contributed by atoms with Crippen molar-refractivity contribution >= 4 is 21.8 Å². The number of aryl methyl sites for hydroxylation is 1. The molecular formula is C16H23BrN2O2. The standard InChI is InChI=1S/C16H23BrN2O2/c1-11-3-6-14(13(17)9-11)21-8-7-15(20)19-16(2,10-18)12-4-5-12/h3,6,9,12H,4-5,7-8,10,18H2,1-2H3,(H,19,20). The molecule has 0 saturated heterocycles. The number of rotatable bonds is 7. The molecule has 0 aliphatic heterocycles. The number of carbonyl (C=O) groups excluding carboxylic acids is 1. The molecule has 21 heavy (non-hydrogen) atoms. The molecule has 0 radical (unpaired) electrons. The van der Waals surface area contributed by atoms with Crippen LogP contribution >= 0.6 is 15.9 Å². The van der Waals surface area contributed by atoms with E-state index >= 15 is 0 Å². The zero-order chi connectivity index (χ0) is 15.5. The highest BCUT2D eigenvalue weighted by molar-refractivity contribution is 9.10. The van der Waals surface area contributed by atoms with E-state index in [9.17, 15) is 4.79 Å². The largest absolute Gasteiger partial charge is 0.492 e. The lowest BCUT2D eigenvalue weighted by atomic mass is 9.96. The first-order chi connectivity index (χ1) is 9.94. The van der Waals surface area contributed by atoms with E-state index in [0.717, 1.165) is 28.6 Å². The van der Waals surface area contributed by atoms with Crippen molar-refractivity contribution < 1.29 is 9.53 Å². The summed E-state index contributed by atoms with van der Waals surface area (Å²) in [5.74, 6) is 1.29. The summed E-state index contributed by atoms with van der Waals surface area (Å²) in [5, 5.41) is 3.06. The van der Waals surface area contributed by atoms with E-state index in [1.807, 2.05) is 32.0 Å². The number of amides is 1. The minimum atomic E-state index is -0.262. The fourth-order valence-corrected chi connectivity index (χ4v) is 3.01. The topological polar surface area (TPSA) is 64.3 Å². The van der Waals surface area contributed by atoms with E-state index < -0.39 is 0 Å². The van der Waals surface area contributed by atoms with Crippen molar-refractivity contribution in [1.82, 2.24) is 5.32 Å². The molecule has 5 heteroatoms. The maximum Gasteiger partial charge on any atom is 0.223 e. The monoisotopic (exact) mass is 354 g/mol. The van der Waals surface area contributed by atoms with Crippen molar-refractivity contribution in [1.29, 1.82) is 0 Å². The number of hydrogen-bond acceptors (Lipinski definition) is 3. The third-order valence-corrected chi connectivity index (χ3v) is 4.62. The second-order valence-corrected chi connectivity index (χ2v) is 6.83. The van der Waals surface area contributed by atoms with Gasteiger partial charge in [0.2, 0.25) is 5.91 Å². The fourth-order valence-electron chi connectivity index (χ4n) is 2.40. The Balaban J connectivity index is 1.79. The average Bonchev–Trinajstić information content (AvgIpc) is 3.26. The van der Waals surface area contributed by atoms with Crippen LogP contribution in [-0.2, 0) is 4.79 Å². The smallest absolute Gasteiger partial charge is 0.223 e. The van der Waals surface area contributed by atoms with Crippen LogP contribution in [0.3, 0.4) is 0 Å². The molecule has 0 heterocycles. The van der Waals surface area contributed by atoms with E-state index in [-0.39, 0.29) is 11.4 Å². The molecule has 1 aliphatic rings. The summed E-state index contributed by atoms with van der Waals surface area (Å²) in [5.41, 5.74) is 6.70. The van der Waals surface area contributed by atoms with Crippen molar-refractivity contribution in [3.8, 4) is 5.75 Å². The molecule has 116 valence electrons. The van der Waals surface area contributed by atoms with Gasteiger partial charge in [0.25, 0.3) is 0 Å². The molecule has 0 spiro atoms. The Hall–Kier alpha value is -1.07. The normalized spacial score (nSPS) is 17.1. The Bertz CT molecular complexity index is 517. The first kappa shape index (κ1) is 16.3. The molecule has 1 atom stereocenters. The molecular weight excluding hydrogens is 332 g/mol. The van der Waals surface area contributed by atoms with Gasteiger partial charge in [0.1, 0.15) is 5.75 Å². The van der Waals surface area contributed by atoms with Crippen LogP contribution in [0.1, 0.15) is 31.7 Å². The van der Waals surface area contributed by atoms with Crippen molar-refractivity contribution in [2.24, 2.45) is 11.7 Å². The van der Waals surface area contributed by atoms with Crippen LogP contribution < -0.4 is 15.8 Å². The summed E-state index contributed by atoms with van der Waals surface area (Å²) in [6.45, 7) is 4.89. The lowest BCUT2D eigenvalue weighted by molar-refractivity contribution is -0.123. The van der Waals surface area contributed by atoms with Crippen LogP contribution in [0, 0.1) is 12.8 Å². The van der Waals surface area contributed by atoms with E-state index in [0.29, 0.717) is 25.5 Å². The molecule has 4 nitrogen and oxygen atoms in total. The summed E-state index contributed by atoms with van der Waals surface area (Å²) in [6, 6.07) is 5.89. The first-order valence-corrected chi connectivity index (χ1v) is 8.14. The minimum Gasteiger partial charge on any atom is -0.492 e. The van der Waals surface area contributed by atoms with Crippen LogP contribution in [0.4, 0.5) is 0 Å². The van der Waals surface area contributed by atoms with Crippen LogP contribution in [0.15, 0.2) is 22.7 Å². The molecule has 1 saturated carbocycles.